The first kappa shape index (κ1) is 16.8. The number of benzene rings is 2. The van der Waals surface area contributed by atoms with E-state index in [1.54, 1.807) is 0 Å². The summed E-state index contributed by atoms with van der Waals surface area (Å²) < 4.78 is 0. The lowest BCUT2D eigenvalue weighted by Crippen LogP contribution is -2.54. The van der Waals surface area contributed by atoms with Gasteiger partial charge >= 0.3 is 0 Å². The van der Waals surface area contributed by atoms with Gasteiger partial charge in [-0.05, 0) is 60.6 Å². The zero-order chi connectivity index (χ0) is 17.3. The molecule has 2 aliphatic heterocycles. The van der Waals surface area contributed by atoms with E-state index in [0.717, 1.165) is 46.5 Å². The van der Waals surface area contributed by atoms with Crippen molar-refractivity contribution in [3.05, 3.63) is 58.6 Å². The van der Waals surface area contributed by atoms with Crippen LogP contribution in [-0.4, -0.2) is 22.9 Å². The summed E-state index contributed by atoms with van der Waals surface area (Å²) in [5.74, 6) is 3.35. The predicted molar refractivity (Wildman–Crippen MR) is 110 cm³/mol. The number of nitrogens with zero attached hydrogens (tertiary/aromatic N) is 1. The lowest BCUT2D eigenvalue weighted by atomic mass is 9.87. The van der Waals surface area contributed by atoms with Gasteiger partial charge in [0.2, 0.25) is 0 Å². The summed E-state index contributed by atoms with van der Waals surface area (Å²) >= 11 is 8.42. The quantitative estimate of drug-likeness (QED) is 0.747. The molecule has 5 heteroatoms. The zero-order valence-electron chi connectivity index (χ0n) is 14.3. The molecule has 4 rings (SSSR count). The number of halogens is 1. The van der Waals surface area contributed by atoms with Crippen LogP contribution in [0, 0.1) is 6.92 Å². The number of thioether (sulfide) groups is 1. The van der Waals surface area contributed by atoms with E-state index < -0.39 is 0 Å². The summed E-state index contributed by atoms with van der Waals surface area (Å²) in [6.45, 7) is 2.65. The summed E-state index contributed by atoms with van der Waals surface area (Å²) in [7, 11) is 0. The van der Waals surface area contributed by atoms with Crippen molar-refractivity contribution in [2.45, 2.75) is 31.8 Å². The molecule has 2 aliphatic rings. The Morgan fingerprint density at radius 2 is 1.88 bits per heavy atom. The molecule has 0 aromatic heterocycles. The van der Waals surface area contributed by atoms with Crippen LogP contribution in [0.15, 0.2) is 47.5 Å². The third-order valence-corrected chi connectivity index (χ3v) is 6.31. The Balaban J connectivity index is 1.67. The topological polar surface area (TPSA) is 36.4 Å². The number of nitrogens with one attached hydrogen (secondary N) is 2. The highest BCUT2D eigenvalue weighted by Crippen LogP contribution is 2.38. The van der Waals surface area contributed by atoms with E-state index in [-0.39, 0.29) is 5.54 Å². The van der Waals surface area contributed by atoms with Gasteiger partial charge in [-0.1, -0.05) is 35.9 Å². The average Bonchev–Trinajstić information content (AvgIpc) is 2.62. The number of amidine groups is 1. The van der Waals surface area contributed by atoms with Crippen molar-refractivity contribution in [3.8, 4) is 0 Å². The van der Waals surface area contributed by atoms with Gasteiger partial charge in [0.25, 0.3) is 0 Å². The molecule has 130 valence electrons. The molecule has 0 unspecified atom stereocenters. The van der Waals surface area contributed by atoms with Crippen molar-refractivity contribution in [2.24, 2.45) is 4.99 Å². The van der Waals surface area contributed by atoms with Gasteiger partial charge in [0.1, 0.15) is 5.84 Å². The molecule has 1 fully saturated rings. The fourth-order valence-electron chi connectivity index (χ4n) is 3.48. The number of hydrogen-bond donors (Lipinski definition) is 2. The van der Waals surface area contributed by atoms with Crippen LogP contribution in [0.25, 0.3) is 0 Å². The van der Waals surface area contributed by atoms with Gasteiger partial charge < -0.3 is 10.6 Å². The number of para-hydroxylation sites is 2. The van der Waals surface area contributed by atoms with Crippen molar-refractivity contribution in [1.82, 2.24) is 0 Å². The fourth-order valence-corrected chi connectivity index (χ4v) is 4.97. The third-order valence-electron chi connectivity index (χ3n) is 4.97. The fraction of sp³-hybridized carbons (Fsp3) is 0.350. The number of anilines is 2. The van der Waals surface area contributed by atoms with Crippen molar-refractivity contribution >= 4 is 40.6 Å². The molecule has 1 saturated heterocycles. The van der Waals surface area contributed by atoms with E-state index in [2.05, 4.69) is 54.0 Å². The van der Waals surface area contributed by atoms with Gasteiger partial charge in [0.15, 0.2) is 0 Å². The highest BCUT2D eigenvalue weighted by Gasteiger charge is 2.40. The van der Waals surface area contributed by atoms with Gasteiger partial charge in [-0.25, -0.2) is 0 Å². The van der Waals surface area contributed by atoms with Crippen LogP contribution in [-0.2, 0) is 6.54 Å². The third kappa shape index (κ3) is 3.38. The molecule has 0 bridgehead atoms. The number of fused-ring (bicyclic) bond motifs is 1. The Morgan fingerprint density at radius 3 is 2.64 bits per heavy atom. The Hall–Kier alpha value is -1.65. The van der Waals surface area contributed by atoms with Crippen molar-refractivity contribution in [1.29, 1.82) is 0 Å². The largest absolute Gasteiger partial charge is 0.371 e. The minimum absolute atomic E-state index is 0.0865. The molecule has 2 aromatic rings. The zero-order valence-corrected chi connectivity index (χ0v) is 15.9. The van der Waals surface area contributed by atoms with Crippen LogP contribution in [0.4, 0.5) is 11.4 Å². The highest BCUT2D eigenvalue weighted by molar-refractivity contribution is 7.99. The molecule has 25 heavy (non-hydrogen) atoms. The Bertz CT molecular complexity index is 812. The molecule has 0 amide bonds. The van der Waals surface area contributed by atoms with Crippen LogP contribution in [0.1, 0.15) is 24.0 Å². The van der Waals surface area contributed by atoms with Gasteiger partial charge in [-0.2, -0.15) is 11.8 Å². The van der Waals surface area contributed by atoms with Crippen LogP contribution < -0.4 is 10.6 Å². The normalized spacial score (nSPS) is 20.0. The summed E-state index contributed by atoms with van der Waals surface area (Å²) in [5, 5.41) is 8.17. The first-order valence-electron chi connectivity index (χ1n) is 8.68. The smallest absolute Gasteiger partial charge is 0.127 e. The Morgan fingerprint density at radius 1 is 1.12 bits per heavy atom. The van der Waals surface area contributed by atoms with Crippen molar-refractivity contribution in [2.75, 3.05) is 22.1 Å². The average molecular weight is 372 g/mol. The molecule has 0 atom stereocenters. The first-order chi connectivity index (χ1) is 12.2. The highest BCUT2D eigenvalue weighted by atomic mass is 35.5. The lowest BCUT2D eigenvalue weighted by Gasteiger charge is -2.43. The van der Waals surface area contributed by atoms with E-state index >= 15 is 0 Å². The maximum absolute atomic E-state index is 6.40. The van der Waals surface area contributed by atoms with Crippen LogP contribution >= 0.6 is 23.4 Å². The second-order valence-corrected chi connectivity index (χ2v) is 8.38. The van der Waals surface area contributed by atoms with Gasteiger partial charge in [-0.3, -0.25) is 4.99 Å². The number of hydrogen-bond acceptors (Lipinski definition) is 3. The molecular formula is C20H22ClN3S. The van der Waals surface area contributed by atoms with Crippen molar-refractivity contribution in [3.63, 3.8) is 0 Å². The van der Waals surface area contributed by atoms with Gasteiger partial charge in [-0.15, -0.1) is 0 Å². The molecular weight excluding hydrogens is 350 g/mol. The minimum Gasteiger partial charge on any atom is -0.371 e. The van der Waals surface area contributed by atoms with Crippen LogP contribution in [0.2, 0.25) is 5.02 Å². The molecule has 0 saturated carbocycles. The summed E-state index contributed by atoms with van der Waals surface area (Å²) in [4.78, 5) is 4.97. The van der Waals surface area contributed by atoms with Crippen LogP contribution in [0.5, 0.6) is 0 Å². The monoisotopic (exact) mass is 371 g/mol. The molecule has 0 radical (unpaired) electrons. The maximum Gasteiger partial charge on any atom is 0.127 e. The SMILES string of the molecule is Cc1ccc(CN=C2Nc3ccccc3NC23CCSCC3)c(Cl)c1. The van der Waals surface area contributed by atoms with E-state index in [9.17, 15) is 0 Å². The number of aliphatic imine (C=N–C) groups is 1. The second-order valence-electron chi connectivity index (χ2n) is 6.75. The molecule has 2 heterocycles. The van der Waals surface area contributed by atoms with Crippen LogP contribution in [0.3, 0.4) is 0 Å². The van der Waals surface area contributed by atoms with E-state index in [0.29, 0.717) is 6.54 Å². The first-order valence-corrected chi connectivity index (χ1v) is 10.2. The van der Waals surface area contributed by atoms with Crippen molar-refractivity contribution < 1.29 is 0 Å². The van der Waals surface area contributed by atoms with Gasteiger partial charge in [0, 0.05) is 5.02 Å². The maximum atomic E-state index is 6.40. The summed E-state index contributed by atoms with van der Waals surface area (Å²) in [6, 6.07) is 14.5. The second kappa shape index (κ2) is 6.93. The summed E-state index contributed by atoms with van der Waals surface area (Å²) in [6.07, 6.45) is 2.17. The Kier molecular flexibility index (Phi) is 4.65. The molecule has 2 N–H and O–H groups in total. The Labute approximate surface area is 158 Å². The predicted octanol–water partition coefficient (Wildman–Crippen LogP) is 5.35. The van der Waals surface area contributed by atoms with E-state index in [1.165, 1.54) is 11.3 Å². The van der Waals surface area contributed by atoms with E-state index in [4.69, 9.17) is 16.6 Å². The minimum atomic E-state index is -0.0865. The molecule has 1 spiro atoms. The van der Waals surface area contributed by atoms with E-state index in [1.807, 2.05) is 17.8 Å². The molecule has 2 aromatic carbocycles. The standard InChI is InChI=1S/C20H22ClN3S/c1-14-6-7-15(16(21)12-14)13-22-19-20(8-10-25-11-9-20)24-18-5-3-2-4-17(18)23-19/h2-7,12,24H,8-11,13H2,1H3,(H,22,23). The number of rotatable bonds is 2. The number of aryl methyl sites for hydroxylation is 1. The lowest BCUT2D eigenvalue weighted by molar-refractivity contribution is 0.560. The van der Waals surface area contributed by atoms with Gasteiger partial charge in [0.05, 0.1) is 23.5 Å². The molecule has 0 aliphatic carbocycles. The summed E-state index contributed by atoms with van der Waals surface area (Å²) in [5.41, 5.74) is 4.42. The molecule has 3 nitrogen and oxygen atoms in total.